The van der Waals surface area contributed by atoms with Crippen LogP contribution in [0.15, 0.2) is 48.5 Å². The number of halogens is 1. The Morgan fingerprint density at radius 1 is 1.07 bits per heavy atom. The molecule has 2 aromatic rings. The third kappa shape index (κ3) is 6.11. The molecule has 142 valence electrons. The lowest BCUT2D eigenvalue weighted by Crippen LogP contribution is -2.35. The molecular formula is C20H21ClN2O4. The molecule has 0 aliphatic heterocycles. The molecule has 2 amide bonds. The largest absolute Gasteiger partial charge is 0.454 e. The summed E-state index contributed by atoms with van der Waals surface area (Å²) in [5, 5.41) is 3.02. The molecule has 7 heteroatoms. The molecule has 0 bridgehead atoms. The average molecular weight is 389 g/mol. The number of hydrogen-bond donors (Lipinski definition) is 2. The van der Waals surface area contributed by atoms with Gasteiger partial charge in [0.2, 0.25) is 5.78 Å². The van der Waals surface area contributed by atoms with Crippen LogP contribution in [0.25, 0.3) is 0 Å². The lowest BCUT2D eigenvalue weighted by molar-refractivity contribution is -0.146. The maximum atomic E-state index is 12.4. The van der Waals surface area contributed by atoms with Gasteiger partial charge in [0.05, 0.1) is 12.5 Å². The summed E-state index contributed by atoms with van der Waals surface area (Å²) >= 11 is 5.86. The number of carbonyl (C=O) groups is 3. The molecule has 0 saturated heterocycles. The van der Waals surface area contributed by atoms with Crippen LogP contribution < -0.4 is 11.1 Å². The number of carbonyl (C=O) groups excluding carboxylic acids is 3. The zero-order chi connectivity index (χ0) is 20.0. The van der Waals surface area contributed by atoms with Crippen molar-refractivity contribution in [2.75, 3.05) is 0 Å². The molecular weight excluding hydrogens is 368 g/mol. The third-order valence-corrected chi connectivity index (χ3v) is 4.23. The number of amides is 2. The van der Waals surface area contributed by atoms with E-state index in [9.17, 15) is 14.4 Å². The van der Waals surface area contributed by atoms with E-state index in [0.717, 1.165) is 5.56 Å². The van der Waals surface area contributed by atoms with E-state index in [4.69, 9.17) is 22.1 Å². The number of rotatable bonds is 7. The molecule has 6 nitrogen and oxygen atoms in total. The number of benzene rings is 2. The van der Waals surface area contributed by atoms with Crippen molar-refractivity contribution in [2.45, 2.75) is 32.4 Å². The Morgan fingerprint density at radius 2 is 1.67 bits per heavy atom. The van der Waals surface area contributed by atoms with Crippen molar-refractivity contribution in [1.82, 2.24) is 5.32 Å². The maximum Gasteiger partial charge on any atom is 0.312 e. The van der Waals surface area contributed by atoms with E-state index in [1.54, 1.807) is 36.4 Å². The minimum absolute atomic E-state index is 0.171. The van der Waals surface area contributed by atoms with Gasteiger partial charge in [-0.15, -0.1) is 0 Å². The minimum atomic E-state index is -0.945. The molecule has 0 unspecified atom stereocenters. The van der Waals surface area contributed by atoms with E-state index in [2.05, 4.69) is 5.32 Å². The first-order valence-corrected chi connectivity index (χ1v) is 8.76. The van der Waals surface area contributed by atoms with Gasteiger partial charge in [-0.2, -0.15) is 0 Å². The predicted molar refractivity (Wildman–Crippen MR) is 103 cm³/mol. The van der Waals surface area contributed by atoms with Crippen LogP contribution in [0.5, 0.6) is 0 Å². The van der Waals surface area contributed by atoms with Gasteiger partial charge >= 0.3 is 12.0 Å². The van der Waals surface area contributed by atoms with E-state index in [1.165, 1.54) is 6.92 Å². The van der Waals surface area contributed by atoms with Gasteiger partial charge < -0.3 is 15.8 Å². The summed E-state index contributed by atoms with van der Waals surface area (Å²) in [6.07, 6.45) is -1.12. The second kappa shape index (κ2) is 9.19. The maximum absolute atomic E-state index is 12.4. The molecule has 0 fully saturated rings. The number of nitrogens with two attached hydrogens (primary N) is 1. The van der Waals surface area contributed by atoms with Gasteiger partial charge in [-0.05, 0) is 31.5 Å². The molecule has 0 saturated carbocycles. The van der Waals surface area contributed by atoms with Crippen LogP contribution in [0.2, 0.25) is 5.02 Å². The zero-order valence-electron chi connectivity index (χ0n) is 15.1. The lowest BCUT2D eigenvalue weighted by Gasteiger charge is -2.19. The smallest absolute Gasteiger partial charge is 0.312 e. The topological polar surface area (TPSA) is 98.5 Å². The van der Waals surface area contributed by atoms with E-state index in [-0.39, 0.29) is 12.2 Å². The highest BCUT2D eigenvalue weighted by Crippen LogP contribution is 2.20. The Morgan fingerprint density at radius 3 is 2.22 bits per heavy atom. The Hall–Kier alpha value is -2.86. The van der Waals surface area contributed by atoms with E-state index < -0.39 is 24.1 Å². The van der Waals surface area contributed by atoms with Crippen LogP contribution in [-0.4, -0.2) is 23.9 Å². The van der Waals surface area contributed by atoms with Crippen molar-refractivity contribution >= 4 is 29.4 Å². The molecule has 2 rings (SSSR count). The Bertz CT molecular complexity index is 819. The number of ether oxygens (including phenoxy) is 1. The number of esters is 1. The quantitative estimate of drug-likeness (QED) is 0.559. The summed E-state index contributed by atoms with van der Waals surface area (Å²) in [5.74, 6) is -0.925. The Kier molecular flexibility index (Phi) is 6.96. The zero-order valence-corrected chi connectivity index (χ0v) is 15.8. The molecule has 3 N–H and O–H groups in total. The second-order valence-corrected chi connectivity index (χ2v) is 6.62. The lowest BCUT2D eigenvalue weighted by atomic mass is 10.0. The first kappa shape index (κ1) is 20.5. The van der Waals surface area contributed by atoms with Crippen LogP contribution in [0, 0.1) is 6.92 Å². The minimum Gasteiger partial charge on any atom is -0.454 e. The molecule has 0 radical (unpaired) electrons. The van der Waals surface area contributed by atoms with Gasteiger partial charge in [-0.3, -0.25) is 9.59 Å². The number of hydrogen-bond acceptors (Lipinski definition) is 4. The van der Waals surface area contributed by atoms with Gasteiger partial charge in [-0.25, -0.2) is 4.79 Å². The highest BCUT2D eigenvalue weighted by molar-refractivity contribution is 6.30. The molecule has 27 heavy (non-hydrogen) atoms. The first-order chi connectivity index (χ1) is 12.8. The SMILES string of the molecule is Cc1ccc(C(=O)[C@@H](C)OC(=O)C[C@H](NC(N)=O)c2ccc(Cl)cc2)cc1. The molecule has 0 heterocycles. The summed E-state index contributed by atoms with van der Waals surface area (Å²) in [4.78, 5) is 35.9. The summed E-state index contributed by atoms with van der Waals surface area (Å²) in [5.41, 5.74) is 7.33. The summed E-state index contributed by atoms with van der Waals surface area (Å²) in [6, 6.07) is 12.2. The van der Waals surface area contributed by atoms with Gasteiger partial charge in [-0.1, -0.05) is 53.6 Å². The molecule has 2 aromatic carbocycles. The molecule has 0 aliphatic rings. The summed E-state index contributed by atoms with van der Waals surface area (Å²) < 4.78 is 5.25. The summed E-state index contributed by atoms with van der Waals surface area (Å²) in [7, 11) is 0. The van der Waals surface area contributed by atoms with Gasteiger partial charge in [0, 0.05) is 10.6 Å². The number of primary amides is 1. The first-order valence-electron chi connectivity index (χ1n) is 8.38. The fraction of sp³-hybridized carbons (Fsp3) is 0.250. The fourth-order valence-electron chi connectivity index (χ4n) is 2.54. The van der Waals surface area contributed by atoms with Gasteiger partial charge in [0.25, 0.3) is 0 Å². The molecule has 0 aromatic heterocycles. The normalized spacial score (nSPS) is 12.7. The summed E-state index contributed by atoms with van der Waals surface area (Å²) in [6.45, 7) is 3.43. The highest BCUT2D eigenvalue weighted by Gasteiger charge is 2.23. The highest BCUT2D eigenvalue weighted by atomic mass is 35.5. The average Bonchev–Trinajstić information content (AvgIpc) is 2.61. The standard InChI is InChI=1S/C20H21ClN2O4/c1-12-3-5-15(6-4-12)19(25)13(2)27-18(24)11-17(23-20(22)26)14-7-9-16(21)10-8-14/h3-10,13,17H,11H2,1-2H3,(H3,22,23,26)/t13-,17+/m1/s1. The van der Waals surface area contributed by atoms with Gasteiger partial charge in [0.1, 0.15) is 0 Å². The predicted octanol–water partition coefficient (Wildman–Crippen LogP) is 3.56. The molecule has 2 atom stereocenters. The van der Waals surface area contributed by atoms with Crippen LogP contribution in [0.1, 0.15) is 40.9 Å². The van der Waals surface area contributed by atoms with E-state index in [1.807, 2.05) is 19.1 Å². The third-order valence-electron chi connectivity index (χ3n) is 3.97. The van der Waals surface area contributed by atoms with E-state index >= 15 is 0 Å². The number of Topliss-reactive ketones (excluding diaryl/α,β-unsaturated/α-hetero) is 1. The number of ketones is 1. The Labute approximate surface area is 162 Å². The fourth-order valence-corrected chi connectivity index (χ4v) is 2.66. The number of urea groups is 1. The van der Waals surface area contributed by atoms with Crippen molar-refractivity contribution in [1.29, 1.82) is 0 Å². The van der Waals surface area contributed by atoms with Gasteiger partial charge in [0.15, 0.2) is 6.10 Å². The number of nitrogens with one attached hydrogen (secondary N) is 1. The van der Waals surface area contributed by atoms with E-state index in [0.29, 0.717) is 16.1 Å². The van der Waals surface area contributed by atoms with Crippen LogP contribution in [-0.2, 0) is 9.53 Å². The molecule has 0 spiro atoms. The van der Waals surface area contributed by atoms with Crippen molar-refractivity contribution in [3.05, 3.63) is 70.2 Å². The van der Waals surface area contributed by atoms with Crippen molar-refractivity contribution in [2.24, 2.45) is 5.73 Å². The molecule has 0 aliphatic carbocycles. The second-order valence-electron chi connectivity index (χ2n) is 6.18. The van der Waals surface area contributed by atoms with Crippen molar-refractivity contribution in [3.63, 3.8) is 0 Å². The monoisotopic (exact) mass is 388 g/mol. The van der Waals surface area contributed by atoms with Crippen molar-refractivity contribution < 1.29 is 19.1 Å². The van der Waals surface area contributed by atoms with Crippen LogP contribution in [0.3, 0.4) is 0 Å². The Balaban J connectivity index is 2.03. The van der Waals surface area contributed by atoms with Crippen molar-refractivity contribution in [3.8, 4) is 0 Å². The van der Waals surface area contributed by atoms with Crippen LogP contribution >= 0.6 is 11.6 Å². The van der Waals surface area contributed by atoms with Crippen LogP contribution in [0.4, 0.5) is 4.79 Å². The number of aryl methyl sites for hydroxylation is 1.